The van der Waals surface area contributed by atoms with Gasteiger partial charge in [-0.05, 0) is 43.3 Å². The summed E-state index contributed by atoms with van der Waals surface area (Å²) in [6.45, 7) is 4.54. The first-order chi connectivity index (χ1) is 14.1. The Morgan fingerprint density at radius 1 is 1.27 bits per heavy atom. The Bertz CT molecular complexity index is 1120. The molecule has 3 aromatic heterocycles. The van der Waals surface area contributed by atoms with E-state index in [-0.39, 0.29) is 34.5 Å². The van der Waals surface area contributed by atoms with Crippen molar-refractivity contribution in [3.05, 3.63) is 45.4 Å². The average Bonchev–Trinajstić information content (AvgIpc) is 2.67. The van der Waals surface area contributed by atoms with Crippen LogP contribution in [0.3, 0.4) is 0 Å². The lowest BCUT2D eigenvalue weighted by molar-refractivity contribution is -0.162. The Hall–Kier alpha value is -2.40. The summed E-state index contributed by atoms with van der Waals surface area (Å²) in [5.74, 6) is 0.657. The van der Waals surface area contributed by atoms with Crippen LogP contribution in [0.4, 0.5) is 19.0 Å². The van der Waals surface area contributed by atoms with Crippen LogP contribution >= 0.6 is 23.4 Å². The van der Waals surface area contributed by atoms with Gasteiger partial charge >= 0.3 is 6.18 Å². The van der Waals surface area contributed by atoms with Crippen LogP contribution in [0.15, 0.2) is 28.0 Å². The second kappa shape index (κ2) is 8.76. The predicted octanol–water partition coefficient (Wildman–Crippen LogP) is 4.39. The summed E-state index contributed by atoms with van der Waals surface area (Å²) in [5.41, 5.74) is -0.307. The quantitative estimate of drug-likeness (QED) is 0.433. The molecule has 0 aliphatic heterocycles. The van der Waals surface area contributed by atoms with Crippen molar-refractivity contribution >= 4 is 40.3 Å². The number of anilines is 1. The summed E-state index contributed by atoms with van der Waals surface area (Å²) in [5, 5.41) is 2.53. The van der Waals surface area contributed by atoms with E-state index in [9.17, 15) is 18.0 Å². The van der Waals surface area contributed by atoms with E-state index >= 15 is 0 Å². The highest BCUT2D eigenvalue weighted by Crippen LogP contribution is 2.31. The fourth-order valence-electron chi connectivity index (χ4n) is 2.75. The molecule has 160 valence electrons. The molecule has 12 heteroatoms. The third-order valence-electron chi connectivity index (χ3n) is 4.29. The Morgan fingerprint density at radius 3 is 2.60 bits per heavy atom. The van der Waals surface area contributed by atoms with Crippen molar-refractivity contribution in [2.75, 3.05) is 11.1 Å². The van der Waals surface area contributed by atoms with Crippen molar-refractivity contribution in [2.45, 2.75) is 44.4 Å². The number of aryl methyl sites for hydroxylation is 1. The molecule has 0 amide bonds. The van der Waals surface area contributed by atoms with Gasteiger partial charge in [0.2, 0.25) is 5.28 Å². The summed E-state index contributed by atoms with van der Waals surface area (Å²) in [6.07, 6.45) is -2.97. The van der Waals surface area contributed by atoms with E-state index in [4.69, 9.17) is 11.6 Å². The van der Waals surface area contributed by atoms with Crippen LogP contribution in [0.1, 0.15) is 31.3 Å². The molecule has 0 bridgehead atoms. The van der Waals surface area contributed by atoms with Crippen molar-refractivity contribution in [3.63, 3.8) is 0 Å². The van der Waals surface area contributed by atoms with E-state index in [0.29, 0.717) is 10.3 Å². The molecule has 3 aromatic rings. The van der Waals surface area contributed by atoms with Gasteiger partial charge in [-0.2, -0.15) is 18.2 Å². The minimum atomic E-state index is -4.67. The zero-order chi connectivity index (χ0) is 22.1. The van der Waals surface area contributed by atoms with Gasteiger partial charge in [0.15, 0.2) is 11.5 Å². The Labute approximate surface area is 179 Å². The van der Waals surface area contributed by atoms with Crippen LogP contribution < -0.4 is 10.9 Å². The standard InChI is InChI=1S/C18H18ClF3N6OS/c1-4-30-12-6-5-11(23-8-12)7-24-14-16(29)28(10(3)18(20,21)22)15-13(26-14)9(2)25-17(19)27-15/h5-6,8,10H,4,7H2,1-3H3,(H,24,26). The third-order valence-corrected chi connectivity index (χ3v) is 5.32. The van der Waals surface area contributed by atoms with Crippen molar-refractivity contribution in [2.24, 2.45) is 0 Å². The van der Waals surface area contributed by atoms with E-state index < -0.39 is 17.8 Å². The number of alkyl halides is 3. The van der Waals surface area contributed by atoms with E-state index in [0.717, 1.165) is 17.6 Å². The Morgan fingerprint density at radius 2 is 2.00 bits per heavy atom. The molecule has 3 heterocycles. The molecule has 1 N–H and O–H groups in total. The number of halogens is 4. The largest absolute Gasteiger partial charge is 0.409 e. The summed E-state index contributed by atoms with van der Waals surface area (Å²) in [4.78, 5) is 30.1. The second-order valence-electron chi connectivity index (χ2n) is 6.38. The number of nitrogens with one attached hydrogen (secondary N) is 1. The summed E-state index contributed by atoms with van der Waals surface area (Å²) >= 11 is 7.44. The lowest BCUT2D eigenvalue weighted by atomic mass is 10.3. The number of hydrogen-bond donors (Lipinski definition) is 1. The van der Waals surface area contributed by atoms with Gasteiger partial charge in [-0.25, -0.2) is 9.97 Å². The van der Waals surface area contributed by atoms with Gasteiger partial charge in [-0.3, -0.25) is 14.3 Å². The van der Waals surface area contributed by atoms with Crippen molar-refractivity contribution in [1.82, 2.24) is 24.5 Å². The molecule has 0 spiro atoms. The highest BCUT2D eigenvalue weighted by Gasteiger charge is 2.39. The van der Waals surface area contributed by atoms with Crippen LogP contribution in [0, 0.1) is 6.92 Å². The SMILES string of the molecule is CCSc1ccc(CNc2nc3c(C)nc(Cl)nc3n(C(C)C(F)(F)F)c2=O)nc1. The number of thioether (sulfide) groups is 1. The maximum atomic E-state index is 13.4. The number of rotatable bonds is 6. The Kier molecular flexibility index (Phi) is 6.51. The average molecular weight is 459 g/mol. The number of fused-ring (bicyclic) bond motifs is 1. The second-order valence-corrected chi connectivity index (χ2v) is 8.05. The lowest BCUT2D eigenvalue weighted by Crippen LogP contribution is -2.35. The molecular formula is C18H18ClF3N6OS. The number of nitrogens with zero attached hydrogens (tertiary/aromatic N) is 5. The molecule has 0 radical (unpaired) electrons. The first kappa shape index (κ1) is 22.3. The molecule has 1 unspecified atom stereocenters. The zero-order valence-electron chi connectivity index (χ0n) is 16.3. The van der Waals surface area contributed by atoms with E-state index in [1.54, 1.807) is 24.0 Å². The van der Waals surface area contributed by atoms with Crippen LogP contribution in [0.25, 0.3) is 11.2 Å². The Balaban J connectivity index is 2.04. The molecule has 7 nitrogen and oxygen atoms in total. The molecule has 0 aliphatic rings. The summed E-state index contributed by atoms with van der Waals surface area (Å²) in [7, 11) is 0. The zero-order valence-corrected chi connectivity index (χ0v) is 17.9. The van der Waals surface area contributed by atoms with Gasteiger partial charge in [0.25, 0.3) is 5.56 Å². The van der Waals surface area contributed by atoms with E-state index in [2.05, 4.69) is 25.3 Å². The first-order valence-corrected chi connectivity index (χ1v) is 10.3. The highest BCUT2D eigenvalue weighted by atomic mass is 35.5. The molecular weight excluding hydrogens is 441 g/mol. The van der Waals surface area contributed by atoms with E-state index in [1.807, 2.05) is 13.0 Å². The lowest BCUT2D eigenvalue weighted by Gasteiger charge is -2.21. The summed E-state index contributed by atoms with van der Waals surface area (Å²) in [6, 6.07) is 1.53. The van der Waals surface area contributed by atoms with Gasteiger partial charge in [-0.15, -0.1) is 11.8 Å². The van der Waals surface area contributed by atoms with Crippen molar-refractivity contribution in [3.8, 4) is 0 Å². The van der Waals surface area contributed by atoms with Crippen LogP contribution in [0.2, 0.25) is 5.28 Å². The maximum absolute atomic E-state index is 13.4. The normalized spacial score (nSPS) is 12.9. The van der Waals surface area contributed by atoms with Gasteiger partial charge in [-0.1, -0.05) is 6.92 Å². The van der Waals surface area contributed by atoms with E-state index in [1.165, 1.54) is 6.92 Å². The first-order valence-electron chi connectivity index (χ1n) is 8.96. The maximum Gasteiger partial charge on any atom is 0.409 e. The van der Waals surface area contributed by atoms with Gasteiger partial charge in [0, 0.05) is 11.1 Å². The van der Waals surface area contributed by atoms with Gasteiger partial charge < -0.3 is 5.32 Å². The van der Waals surface area contributed by atoms with Crippen LogP contribution in [-0.2, 0) is 6.54 Å². The molecule has 0 saturated carbocycles. The van der Waals surface area contributed by atoms with Gasteiger partial charge in [0.05, 0.1) is 17.9 Å². The number of hydrogen-bond acceptors (Lipinski definition) is 7. The molecule has 0 fully saturated rings. The minimum absolute atomic E-state index is 0.0558. The molecule has 30 heavy (non-hydrogen) atoms. The van der Waals surface area contributed by atoms with Crippen molar-refractivity contribution in [1.29, 1.82) is 0 Å². The van der Waals surface area contributed by atoms with Crippen molar-refractivity contribution < 1.29 is 13.2 Å². The fourth-order valence-corrected chi connectivity index (χ4v) is 3.58. The molecule has 0 saturated heterocycles. The monoisotopic (exact) mass is 458 g/mol. The molecule has 0 aliphatic carbocycles. The molecule has 1 atom stereocenters. The minimum Gasteiger partial charge on any atom is -0.360 e. The number of pyridine rings is 1. The molecule has 3 rings (SSSR count). The van der Waals surface area contributed by atoms with Crippen LogP contribution in [-0.4, -0.2) is 36.4 Å². The fraction of sp³-hybridized carbons (Fsp3) is 0.389. The smallest absolute Gasteiger partial charge is 0.360 e. The van der Waals surface area contributed by atoms with Gasteiger partial charge in [0.1, 0.15) is 11.6 Å². The molecule has 0 aromatic carbocycles. The van der Waals surface area contributed by atoms with Crippen LogP contribution in [0.5, 0.6) is 0 Å². The topological polar surface area (TPSA) is 85.6 Å². The third kappa shape index (κ3) is 4.67. The predicted molar refractivity (Wildman–Crippen MR) is 110 cm³/mol. The summed E-state index contributed by atoms with van der Waals surface area (Å²) < 4.78 is 40.9. The number of aromatic nitrogens is 5. The highest BCUT2D eigenvalue weighted by molar-refractivity contribution is 7.99.